The zero-order valence-corrected chi connectivity index (χ0v) is 16.0. The van der Waals surface area contributed by atoms with Gasteiger partial charge in [-0.15, -0.1) is 5.10 Å². The van der Waals surface area contributed by atoms with E-state index in [1.54, 1.807) is 7.11 Å². The summed E-state index contributed by atoms with van der Waals surface area (Å²) in [5.41, 5.74) is 3.17. The molecule has 1 saturated carbocycles. The van der Waals surface area contributed by atoms with E-state index in [1.807, 2.05) is 49.4 Å². The summed E-state index contributed by atoms with van der Waals surface area (Å²) in [6.07, 6.45) is 0.829. The molecule has 2 aromatic carbocycles. The maximum absolute atomic E-state index is 13.2. The smallest absolute Gasteiger partial charge is 0.336 e. The summed E-state index contributed by atoms with van der Waals surface area (Å²) in [6, 6.07) is 18.2. The molecule has 1 aliphatic rings. The van der Waals surface area contributed by atoms with Gasteiger partial charge in [0.2, 0.25) is 0 Å². The maximum Gasteiger partial charge on any atom is 0.336 e. The summed E-state index contributed by atoms with van der Waals surface area (Å²) in [5, 5.41) is 4.35. The number of nitrogens with zero attached hydrogens (tertiary/aromatic N) is 3. The Bertz CT molecular complexity index is 951. The summed E-state index contributed by atoms with van der Waals surface area (Å²) >= 11 is 0. The number of carbonyl (C=O) groups excluding carboxylic acids is 1. The average molecular weight is 377 g/mol. The number of aromatic nitrogens is 3. The molecule has 6 heteroatoms. The van der Waals surface area contributed by atoms with Crippen LogP contribution in [-0.4, -0.2) is 41.0 Å². The molecule has 28 heavy (non-hydrogen) atoms. The topological polar surface area (TPSA) is 66.2 Å². The second-order valence-corrected chi connectivity index (χ2v) is 7.03. The van der Waals surface area contributed by atoms with Gasteiger partial charge in [-0.3, -0.25) is 4.79 Å². The Morgan fingerprint density at radius 3 is 2.57 bits per heavy atom. The quantitative estimate of drug-likeness (QED) is 0.587. The van der Waals surface area contributed by atoms with E-state index in [0.29, 0.717) is 19.0 Å². The van der Waals surface area contributed by atoms with Crippen LogP contribution in [0.5, 0.6) is 6.01 Å². The molecule has 0 bridgehead atoms. The highest BCUT2D eigenvalue weighted by Crippen LogP contribution is 2.48. The molecule has 144 valence electrons. The third-order valence-corrected chi connectivity index (χ3v) is 4.96. The van der Waals surface area contributed by atoms with Crippen LogP contribution in [0.15, 0.2) is 54.6 Å². The van der Waals surface area contributed by atoms with Crippen molar-refractivity contribution >= 4 is 5.91 Å². The van der Waals surface area contributed by atoms with E-state index in [-0.39, 0.29) is 23.8 Å². The van der Waals surface area contributed by atoms with Crippen LogP contribution in [0.3, 0.4) is 0 Å². The zero-order chi connectivity index (χ0) is 19.5. The Morgan fingerprint density at radius 2 is 1.86 bits per heavy atom. The van der Waals surface area contributed by atoms with Gasteiger partial charge in [-0.05, 0) is 24.8 Å². The van der Waals surface area contributed by atoms with Crippen molar-refractivity contribution in [2.75, 3.05) is 20.3 Å². The SMILES string of the molecule is COCCOc1nc(-c2ccc(C)cc2)n(C(=O)C2CC2c2ccccc2)n1. The Hall–Kier alpha value is -2.99. The van der Waals surface area contributed by atoms with E-state index in [2.05, 4.69) is 22.2 Å². The third kappa shape index (κ3) is 3.82. The van der Waals surface area contributed by atoms with Gasteiger partial charge < -0.3 is 9.47 Å². The molecule has 1 fully saturated rings. The van der Waals surface area contributed by atoms with Crippen LogP contribution >= 0.6 is 0 Å². The molecule has 0 N–H and O–H groups in total. The van der Waals surface area contributed by atoms with Crippen LogP contribution in [-0.2, 0) is 4.74 Å². The third-order valence-electron chi connectivity index (χ3n) is 4.96. The summed E-state index contributed by atoms with van der Waals surface area (Å²) < 4.78 is 12.0. The lowest BCUT2D eigenvalue weighted by Gasteiger charge is -2.05. The molecule has 0 radical (unpaired) electrons. The monoisotopic (exact) mass is 377 g/mol. The molecule has 1 aromatic heterocycles. The van der Waals surface area contributed by atoms with Crippen molar-refractivity contribution in [1.29, 1.82) is 0 Å². The standard InChI is InChI=1S/C22H23N3O3/c1-15-8-10-17(11-9-15)20-23-22(28-13-12-27-2)24-25(20)21(26)19-14-18(19)16-6-4-3-5-7-16/h3-11,18-19H,12-14H2,1-2H3. The lowest BCUT2D eigenvalue weighted by Crippen LogP contribution is -2.17. The largest absolute Gasteiger partial charge is 0.460 e. The van der Waals surface area contributed by atoms with E-state index in [9.17, 15) is 4.79 Å². The van der Waals surface area contributed by atoms with Gasteiger partial charge in [-0.2, -0.15) is 9.67 Å². The minimum Gasteiger partial charge on any atom is -0.460 e. The molecule has 6 nitrogen and oxygen atoms in total. The second-order valence-electron chi connectivity index (χ2n) is 7.03. The highest BCUT2D eigenvalue weighted by molar-refractivity contribution is 5.87. The number of benzene rings is 2. The van der Waals surface area contributed by atoms with Gasteiger partial charge in [0.25, 0.3) is 5.91 Å². The zero-order valence-electron chi connectivity index (χ0n) is 16.0. The van der Waals surface area contributed by atoms with Crippen LogP contribution in [0, 0.1) is 12.8 Å². The van der Waals surface area contributed by atoms with Crippen LogP contribution in [0.2, 0.25) is 0 Å². The fourth-order valence-corrected chi connectivity index (χ4v) is 3.31. The van der Waals surface area contributed by atoms with Crippen molar-refractivity contribution in [2.24, 2.45) is 5.92 Å². The molecular weight excluding hydrogens is 354 g/mol. The molecule has 0 saturated heterocycles. The molecule has 4 rings (SSSR count). The van der Waals surface area contributed by atoms with E-state index >= 15 is 0 Å². The summed E-state index contributed by atoms with van der Waals surface area (Å²) in [6.45, 7) is 2.78. The van der Waals surface area contributed by atoms with Crippen molar-refractivity contribution in [3.63, 3.8) is 0 Å². The molecule has 0 aliphatic heterocycles. The van der Waals surface area contributed by atoms with Crippen molar-refractivity contribution < 1.29 is 14.3 Å². The number of hydrogen-bond acceptors (Lipinski definition) is 5. The second kappa shape index (κ2) is 7.94. The van der Waals surface area contributed by atoms with Crippen molar-refractivity contribution in [1.82, 2.24) is 14.8 Å². The molecule has 3 aromatic rings. The molecule has 0 spiro atoms. The molecule has 0 amide bonds. The first kappa shape index (κ1) is 18.4. The van der Waals surface area contributed by atoms with Gasteiger partial charge in [0.05, 0.1) is 6.61 Å². The van der Waals surface area contributed by atoms with Crippen LogP contribution in [0.4, 0.5) is 0 Å². The first-order valence-corrected chi connectivity index (χ1v) is 9.42. The average Bonchev–Trinajstić information content (AvgIpc) is 3.42. The maximum atomic E-state index is 13.2. The highest BCUT2D eigenvalue weighted by Gasteiger charge is 2.45. The summed E-state index contributed by atoms with van der Waals surface area (Å²) in [7, 11) is 1.60. The lowest BCUT2D eigenvalue weighted by molar-refractivity contribution is 0.0865. The van der Waals surface area contributed by atoms with Crippen molar-refractivity contribution in [2.45, 2.75) is 19.3 Å². The van der Waals surface area contributed by atoms with Crippen molar-refractivity contribution in [3.8, 4) is 17.4 Å². The van der Waals surface area contributed by atoms with Gasteiger partial charge >= 0.3 is 6.01 Å². The lowest BCUT2D eigenvalue weighted by atomic mass is 10.1. The fraction of sp³-hybridized carbons (Fsp3) is 0.318. The Balaban J connectivity index is 1.61. The number of hydrogen-bond donors (Lipinski definition) is 0. The fourth-order valence-electron chi connectivity index (χ4n) is 3.31. The highest BCUT2D eigenvalue weighted by atomic mass is 16.5. The van der Waals surface area contributed by atoms with Crippen molar-refractivity contribution in [3.05, 3.63) is 65.7 Å². The van der Waals surface area contributed by atoms with Gasteiger partial charge in [-0.1, -0.05) is 60.2 Å². The van der Waals surface area contributed by atoms with Gasteiger partial charge in [0, 0.05) is 18.6 Å². The minimum atomic E-state index is -0.0832. The van der Waals surface area contributed by atoms with Gasteiger partial charge in [-0.25, -0.2) is 0 Å². The Morgan fingerprint density at radius 1 is 1.11 bits per heavy atom. The first-order chi connectivity index (χ1) is 13.7. The minimum absolute atomic E-state index is 0.0430. The van der Waals surface area contributed by atoms with E-state index in [0.717, 1.165) is 17.5 Å². The van der Waals surface area contributed by atoms with Gasteiger partial charge in [0.1, 0.15) is 6.61 Å². The molecule has 2 atom stereocenters. The first-order valence-electron chi connectivity index (χ1n) is 9.42. The predicted molar refractivity (Wildman–Crippen MR) is 105 cm³/mol. The Kier molecular flexibility index (Phi) is 5.21. The normalized spacial score (nSPS) is 18.1. The van der Waals surface area contributed by atoms with Crippen LogP contribution in [0.25, 0.3) is 11.4 Å². The Labute approximate surface area is 164 Å². The molecule has 2 unspecified atom stereocenters. The van der Waals surface area contributed by atoms with E-state index in [1.165, 1.54) is 10.2 Å². The molecule has 1 aliphatic carbocycles. The number of methoxy groups -OCH3 is 1. The van der Waals surface area contributed by atoms with Crippen LogP contribution < -0.4 is 4.74 Å². The number of ether oxygens (including phenoxy) is 2. The molecular formula is C22H23N3O3. The number of rotatable bonds is 7. The molecule has 1 heterocycles. The van der Waals surface area contributed by atoms with Gasteiger partial charge in [0.15, 0.2) is 5.82 Å². The summed E-state index contributed by atoms with van der Waals surface area (Å²) in [5.74, 6) is 0.622. The van der Waals surface area contributed by atoms with Crippen LogP contribution in [0.1, 0.15) is 28.3 Å². The predicted octanol–water partition coefficient (Wildman–Crippen LogP) is 3.72. The van der Waals surface area contributed by atoms with E-state index < -0.39 is 0 Å². The number of carbonyl (C=O) groups is 1. The number of aryl methyl sites for hydroxylation is 1. The summed E-state index contributed by atoms with van der Waals surface area (Å²) in [4.78, 5) is 17.6. The van der Waals surface area contributed by atoms with E-state index in [4.69, 9.17) is 9.47 Å².